The summed E-state index contributed by atoms with van der Waals surface area (Å²) in [5, 5.41) is 5.35. The first-order chi connectivity index (χ1) is 15.1. The number of piperazine rings is 1. The number of hydrogen-bond acceptors (Lipinski definition) is 3. The van der Waals surface area contributed by atoms with Crippen LogP contribution in [0, 0.1) is 6.92 Å². The van der Waals surface area contributed by atoms with Crippen molar-refractivity contribution in [1.29, 1.82) is 0 Å². The minimum Gasteiger partial charge on any atom is -0.331 e. The van der Waals surface area contributed by atoms with Crippen LogP contribution >= 0.6 is 0 Å². The molecular formula is C23H27F3N4O2. The van der Waals surface area contributed by atoms with Crippen LogP contribution in [-0.4, -0.2) is 54.5 Å². The molecule has 0 bridgehead atoms. The molecule has 32 heavy (non-hydrogen) atoms. The van der Waals surface area contributed by atoms with Gasteiger partial charge in [-0.3, -0.25) is 9.69 Å². The van der Waals surface area contributed by atoms with Crippen LogP contribution in [0.25, 0.3) is 0 Å². The number of carbonyl (C=O) groups excluding carboxylic acids is 2. The maximum Gasteiger partial charge on any atom is 0.418 e. The minimum absolute atomic E-state index is 0.0404. The Morgan fingerprint density at radius 3 is 2.28 bits per heavy atom. The van der Waals surface area contributed by atoms with Gasteiger partial charge in [-0.2, -0.15) is 13.2 Å². The van der Waals surface area contributed by atoms with Gasteiger partial charge in [0.15, 0.2) is 0 Å². The van der Waals surface area contributed by atoms with Crippen LogP contribution in [0.5, 0.6) is 0 Å². The SMILES string of the molecule is Cc1ccccc1[C@H](C)NC(=O)N1CCN(CC(=O)Nc2ccccc2C(F)(F)F)CC1. The molecule has 3 amide bonds. The summed E-state index contributed by atoms with van der Waals surface area (Å²) in [6, 6.07) is 12.4. The number of hydrogen-bond donors (Lipinski definition) is 2. The van der Waals surface area contributed by atoms with Crippen molar-refractivity contribution in [3.63, 3.8) is 0 Å². The van der Waals surface area contributed by atoms with E-state index < -0.39 is 17.6 Å². The first-order valence-corrected chi connectivity index (χ1v) is 10.4. The summed E-state index contributed by atoms with van der Waals surface area (Å²) in [6.07, 6.45) is -4.54. The topological polar surface area (TPSA) is 64.7 Å². The van der Waals surface area contributed by atoms with Gasteiger partial charge in [0.05, 0.1) is 23.8 Å². The highest BCUT2D eigenvalue weighted by atomic mass is 19.4. The van der Waals surface area contributed by atoms with E-state index in [9.17, 15) is 22.8 Å². The number of amides is 3. The predicted molar refractivity (Wildman–Crippen MR) is 116 cm³/mol. The van der Waals surface area contributed by atoms with E-state index in [2.05, 4.69) is 10.6 Å². The molecule has 1 aliphatic heterocycles. The highest BCUT2D eigenvalue weighted by molar-refractivity contribution is 5.93. The average Bonchev–Trinajstić information content (AvgIpc) is 2.74. The summed E-state index contributed by atoms with van der Waals surface area (Å²) in [5.41, 5.74) is 1.02. The first-order valence-electron chi connectivity index (χ1n) is 10.4. The van der Waals surface area contributed by atoms with E-state index in [0.717, 1.165) is 17.2 Å². The quantitative estimate of drug-likeness (QED) is 0.726. The third-order valence-corrected chi connectivity index (χ3v) is 5.53. The van der Waals surface area contributed by atoms with Crippen LogP contribution in [0.2, 0.25) is 0 Å². The summed E-state index contributed by atoms with van der Waals surface area (Å²) in [6.45, 7) is 5.66. The molecule has 1 heterocycles. The fourth-order valence-electron chi connectivity index (χ4n) is 3.77. The summed E-state index contributed by atoms with van der Waals surface area (Å²) < 4.78 is 39.3. The van der Waals surface area contributed by atoms with Crippen LogP contribution in [-0.2, 0) is 11.0 Å². The molecule has 0 unspecified atom stereocenters. The molecule has 2 aromatic carbocycles. The second-order valence-electron chi connectivity index (χ2n) is 7.88. The standard InChI is InChI=1S/C23H27F3N4O2/c1-16-7-3-4-8-18(16)17(2)27-22(32)30-13-11-29(12-14-30)15-21(31)28-20-10-6-5-9-19(20)23(24,25)26/h3-10,17H,11-15H2,1-2H3,(H,27,32)(H,28,31)/t17-/m0/s1. The third kappa shape index (κ3) is 6.00. The third-order valence-electron chi connectivity index (χ3n) is 5.53. The molecule has 1 aliphatic rings. The Labute approximate surface area is 185 Å². The molecule has 6 nitrogen and oxygen atoms in total. The lowest BCUT2D eigenvalue weighted by Gasteiger charge is -2.35. The van der Waals surface area contributed by atoms with Crippen molar-refractivity contribution in [1.82, 2.24) is 15.1 Å². The summed E-state index contributed by atoms with van der Waals surface area (Å²) in [7, 11) is 0. The Hall–Kier alpha value is -3.07. The molecule has 2 N–H and O–H groups in total. The molecule has 0 aromatic heterocycles. The van der Waals surface area contributed by atoms with Gasteiger partial charge >= 0.3 is 12.2 Å². The van der Waals surface area contributed by atoms with Gasteiger partial charge in [-0.25, -0.2) is 4.79 Å². The Morgan fingerprint density at radius 1 is 1.00 bits per heavy atom. The number of rotatable bonds is 5. The fraction of sp³-hybridized carbons (Fsp3) is 0.391. The van der Waals surface area contributed by atoms with Gasteiger partial charge in [0.2, 0.25) is 5.91 Å². The smallest absolute Gasteiger partial charge is 0.331 e. The summed E-state index contributed by atoms with van der Waals surface area (Å²) >= 11 is 0. The predicted octanol–water partition coefficient (Wildman–Crippen LogP) is 4.04. The van der Waals surface area contributed by atoms with Gasteiger partial charge in [0.25, 0.3) is 0 Å². The van der Waals surface area contributed by atoms with Crippen molar-refractivity contribution in [3.8, 4) is 0 Å². The lowest BCUT2D eigenvalue weighted by molar-refractivity contribution is -0.137. The zero-order valence-electron chi connectivity index (χ0n) is 18.1. The van der Waals surface area contributed by atoms with E-state index in [-0.39, 0.29) is 24.3 Å². The van der Waals surface area contributed by atoms with Gasteiger partial charge in [0.1, 0.15) is 0 Å². The number of anilines is 1. The molecule has 0 aliphatic carbocycles. The lowest BCUT2D eigenvalue weighted by Crippen LogP contribution is -2.53. The summed E-state index contributed by atoms with van der Waals surface area (Å²) in [5.74, 6) is -0.521. The first kappa shape index (κ1) is 23.6. The molecule has 172 valence electrons. The molecule has 0 radical (unpaired) electrons. The number of aryl methyl sites for hydroxylation is 1. The fourth-order valence-corrected chi connectivity index (χ4v) is 3.77. The zero-order chi connectivity index (χ0) is 23.3. The second kappa shape index (κ2) is 10.0. The Morgan fingerprint density at radius 2 is 1.62 bits per heavy atom. The molecule has 1 fully saturated rings. The van der Waals surface area contributed by atoms with Crippen molar-refractivity contribution in [2.45, 2.75) is 26.1 Å². The van der Waals surface area contributed by atoms with Gasteiger partial charge in [-0.15, -0.1) is 0 Å². The molecule has 2 aromatic rings. The monoisotopic (exact) mass is 448 g/mol. The van der Waals surface area contributed by atoms with Crippen LogP contribution in [0.3, 0.4) is 0 Å². The van der Waals surface area contributed by atoms with Crippen molar-refractivity contribution in [3.05, 3.63) is 65.2 Å². The number of para-hydroxylation sites is 1. The maximum absolute atomic E-state index is 13.1. The van der Waals surface area contributed by atoms with Gasteiger partial charge in [-0.05, 0) is 37.1 Å². The number of nitrogens with zero attached hydrogens (tertiary/aromatic N) is 2. The zero-order valence-corrected chi connectivity index (χ0v) is 18.1. The van der Waals surface area contributed by atoms with Crippen molar-refractivity contribution >= 4 is 17.6 Å². The van der Waals surface area contributed by atoms with Crippen LogP contribution in [0.1, 0.15) is 29.7 Å². The van der Waals surface area contributed by atoms with E-state index >= 15 is 0 Å². The van der Waals surface area contributed by atoms with Crippen molar-refractivity contribution in [2.75, 3.05) is 38.0 Å². The van der Waals surface area contributed by atoms with E-state index in [1.54, 1.807) is 4.90 Å². The molecule has 0 spiro atoms. The lowest BCUT2D eigenvalue weighted by atomic mass is 10.0. The van der Waals surface area contributed by atoms with Crippen LogP contribution in [0.15, 0.2) is 48.5 Å². The van der Waals surface area contributed by atoms with Gasteiger partial charge in [0, 0.05) is 26.2 Å². The van der Waals surface area contributed by atoms with Crippen molar-refractivity contribution < 1.29 is 22.8 Å². The Bertz CT molecular complexity index is 956. The normalized spacial score (nSPS) is 15.8. The molecule has 3 rings (SSSR count). The van der Waals surface area contributed by atoms with E-state index in [1.807, 2.05) is 43.0 Å². The highest BCUT2D eigenvalue weighted by Crippen LogP contribution is 2.34. The Kier molecular flexibility index (Phi) is 7.40. The molecule has 9 heteroatoms. The molecule has 1 atom stereocenters. The summed E-state index contributed by atoms with van der Waals surface area (Å²) in [4.78, 5) is 28.4. The average molecular weight is 448 g/mol. The highest BCUT2D eigenvalue weighted by Gasteiger charge is 2.33. The van der Waals surface area contributed by atoms with Crippen molar-refractivity contribution in [2.24, 2.45) is 0 Å². The number of benzene rings is 2. The van der Waals surface area contributed by atoms with E-state index in [4.69, 9.17) is 0 Å². The second-order valence-corrected chi connectivity index (χ2v) is 7.88. The van der Waals surface area contributed by atoms with Gasteiger partial charge < -0.3 is 15.5 Å². The maximum atomic E-state index is 13.1. The Balaban J connectivity index is 1.48. The van der Waals surface area contributed by atoms with Crippen LogP contribution in [0.4, 0.5) is 23.7 Å². The van der Waals surface area contributed by atoms with Crippen LogP contribution < -0.4 is 10.6 Å². The molecular weight excluding hydrogens is 421 g/mol. The number of nitrogens with one attached hydrogen (secondary N) is 2. The number of carbonyl (C=O) groups is 2. The van der Waals surface area contributed by atoms with Gasteiger partial charge in [-0.1, -0.05) is 36.4 Å². The number of halogens is 3. The molecule has 1 saturated heterocycles. The minimum atomic E-state index is -4.54. The largest absolute Gasteiger partial charge is 0.418 e. The molecule has 0 saturated carbocycles. The van der Waals surface area contributed by atoms with E-state index in [1.165, 1.54) is 18.2 Å². The number of urea groups is 1. The number of alkyl halides is 3. The van der Waals surface area contributed by atoms with E-state index in [0.29, 0.717) is 26.2 Å².